The molecule has 3 heteroatoms. The third kappa shape index (κ3) is 2.35. The molecule has 2 aliphatic carbocycles. The second kappa shape index (κ2) is 4.60. The van der Waals surface area contributed by atoms with E-state index >= 15 is 0 Å². The fourth-order valence-corrected chi connectivity index (χ4v) is 3.99. The van der Waals surface area contributed by atoms with Crippen molar-refractivity contribution in [3.05, 3.63) is 0 Å². The minimum absolute atomic E-state index is 0.283. The molecule has 1 N–H and O–H groups in total. The van der Waals surface area contributed by atoms with Gasteiger partial charge in [0.2, 0.25) is 5.91 Å². The Kier molecular flexibility index (Phi) is 3.12. The van der Waals surface area contributed by atoms with Crippen LogP contribution in [0.25, 0.3) is 0 Å². The monoisotopic (exact) mass is 236 g/mol. The maximum Gasteiger partial charge on any atom is 0.223 e. The summed E-state index contributed by atoms with van der Waals surface area (Å²) in [5.74, 6) is 2.35. The van der Waals surface area contributed by atoms with E-state index in [-0.39, 0.29) is 5.92 Å². The van der Waals surface area contributed by atoms with Gasteiger partial charge in [0.25, 0.3) is 0 Å². The molecular weight excluding hydrogens is 212 g/mol. The van der Waals surface area contributed by atoms with Crippen LogP contribution in [0.15, 0.2) is 0 Å². The number of amides is 1. The third-order valence-electron chi connectivity index (χ3n) is 5.16. The molecule has 17 heavy (non-hydrogen) atoms. The minimum atomic E-state index is 0.283. The van der Waals surface area contributed by atoms with E-state index in [0.717, 1.165) is 37.8 Å². The van der Waals surface area contributed by atoms with E-state index in [1.165, 1.54) is 25.7 Å². The van der Waals surface area contributed by atoms with E-state index in [2.05, 4.69) is 17.3 Å². The molecule has 1 saturated heterocycles. The molecule has 96 valence electrons. The minimum Gasteiger partial charge on any atom is -0.353 e. The predicted molar refractivity (Wildman–Crippen MR) is 67.6 cm³/mol. The van der Waals surface area contributed by atoms with Gasteiger partial charge in [-0.25, -0.2) is 0 Å². The number of likely N-dealkylation sites (tertiary alicyclic amines) is 1. The standard InChI is InChI=1S/C14H24N2O/c1-16-6-4-11(5-7-16)14(17)15-13-9-10-2-3-12(13)8-10/h10-13H,2-9H2,1H3,(H,15,17)/t10-,12+,13+/m0/s1. The zero-order valence-corrected chi connectivity index (χ0v) is 10.8. The molecule has 0 aromatic carbocycles. The Morgan fingerprint density at radius 1 is 1.12 bits per heavy atom. The Hall–Kier alpha value is -0.570. The van der Waals surface area contributed by atoms with E-state index in [4.69, 9.17) is 0 Å². The third-order valence-corrected chi connectivity index (χ3v) is 5.16. The zero-order valence-electron chi connectivity index (χ0n) is 10.8. The van der Waals surface area contributed by atoms with Crippen molar-refractivity contribution in [2.75, 3.05) is 20.1 Å². The first-order valence-electron chi connectivity index (χ1n) is 7.21. The lowest BCUT2D eigenvalue weighted by atomic mass is 9.92. The highest BCUT2D eigenvalue weighted by Gasteiger charge is 2.40. The summed E-state index contributed by atoms with van der Waals surface area (Å²) < 4.78 is 0. The molecule has 0 spiro atoms. The molecule has 0 radical (unpaired) electrons. The van der Waals surface area contributed by atoms with Crippen molar-refractivity contribution >= 4 is 5.91 Å². The number of hydrogen-bond donors (Lipinski definition) is 1. The van der Waals surface area contributed by atoms with Crippen LogP contribution in [0.5, 0.6) is 0 Å². The van der Waals surface area contributed by atoms with E-state index < -0.39 is 0 Å². The average Bonchev–Trinajstić information content (AvgIpc) is 2.91. The maximum atomic E-state index is 12.2. The summed E-state index contributed by atoms with van der Waals surface area (Å²) in [4.78, 5) is 14.5. The van der Waals surface area contributed by atoms with Crippen molar-refractivity contribution in [3.8, 4) is 0 Å². The molecule has 0 aromatic heterocycles. The Bertz CT molecular complexity index is 297. The fraction of sp³-hybridized carbons (Fsp3) is 0.929. The zero-order chi connectivity index (χ0) is 11.8. The topological polar surface area (TPSA) is 32.3 Å². The summed E-state index contributed by atoms with van der Waals surface area (Å²) in [6.45, 7) is 2.16. The van der Waals surface area contributed by atoms with Crippen LogP contribution in [0.2, 0.25) is 0 Å². The van der Waals surface area contributed by atoms with Gasteiger partial charge in [0, 0.05) is 12.0 Å². The normalized spacial score (nSPS) is 38.5. The summed E-state index contributed by atoms with van der Waals surface area (Å²) in [7, 11) is 2.14. The van der Waals surface area contributed by atoms with Crippen molar-refractivity contribution < 1.29 is 4.79 Å². The quantitative estimate of drug-likeness (QED) is 0.790. The van der Waals surface area contributed by atoms with E-state index in [1.54, 1.807) is 0 Å². The average molecular weight is 236 g/mol. The largest absolute Gasteiger partial charge is 0.353 e. The van der Waals surface area contributed by atoms with Crippen LogP contribution in [0.4, 0.5) is 0 Å². The number of nitrogens with one attached hydrogen (secondary N) is 1. The first-order valence-corrected chi connectivity index (χ1v) is 7.21. The molecule has 0 aromatic rings. The molecule has 3 atom stereocenters. The van der Waals surface area contributed by atoms with E-state index in [1.807, 2.05) is 0 Å². The van der Waals surface area contributed by atoms with Crippen LogP contribution >= 0.6 is 0 Å². The SMILES string of the molecule is CN1CCC(C(=O)N[C@@H]2C[C@H]3CC[C@@H]2C3)CC1. The summed E-state index contributed by atoms with van der Waals surface area (Å²) >= 11 is 0. The van der Waals surface area contributed by atoms with Gasteiger partial charge in [-0.15, -0.1) is 0 Å². The first-order chi connectivity index (χ1) is 8.22. The lowest BCUT2D eigenvalue weighted by Gasteiger charge is -2.30. The van der Waals surface area contributed by atoms with Crippen LogP contribution in [0, 0.1) is 17.8 Å². The second-order valence-corrected chi connectivity index (χ2v) is 6.37. The molecule has 3 rings (SSSR count). The molecule has 3 fully saturated rings. The molecular formula is C14H24N2O. The van der Waals surface area contributed by atoms with Crippen LogP contribution in [-0.2, 0) is 4.79 Å². The van der Waals surface area contributed by atoms with Crippen LogP contribution in [-0.4, -0.2) is 37.0 Å². The summed E-state index contributed by atoms with van der Waals surface area (Å²) in [6, 6.07) is 0.515. The van der Waals surface area contributed by atoms with Crippen molar-refractivity contribution in [2.45, 2.75) is 44.6 Å². The lowest BCUT2D eigenvalue weighted by Crippen LogP contribution is -2.44. The van der Waals surface area contributed by atoms with Gasteiger partial charge in [0.15, 0.2) is 0 Å². The Balaban J connectivity index is 1.50. The van der Waals surface area contributed by atoms with Gasteiger partial charge in [0.05, 0.1) is 0 Å². The number of hydrogen-bond acceptors (Lipinski definition) is 2. The van der Waals surface area contributed by atoms with Crippen LogP contribution in [0.3, 0.4) is 0 Å². The molecule has 1 amide bonds. The van der Waals surface area contributed by atoms with Crippen molar-refractivity contribution in [1.82, 2.24) is 10.2 Å². The number of rotatable bonds is 2. The number of piperidine rings is 1. The molecule has 1 aliphatic heterocycles. The second-order valence-electron chi connectivity index (χ2n) is 6.37. The first kappa shape index (κ1) is 11.5. The van der Waals surface area contributed by atoms with Gasteiger partial charge in [-0.1, -0.05) is 6.42 Å². The van der Waals surface area contributed by atoms with Gasteiger partial charge in [0.1, 0.15) is 0 Å². The maximum absolute atomic E-state index is 12.2. The fourth-order valence-electron chi connectivity index (χ4n) is 3.99. The number of carbonyl (C=O) groups excluding carboxylic acids is 1. The van der Waals surface area contributed by atoms with E-state index in [9.17, 15) is 4.79 Å². The molecule has 1 heterocycles. The smallest absolute Gasteiger partial charge is 0.223 e. The van der Waals surface area contributed by atoms with Crippen LogP contribution < -0.4 is 5.32 Å². The Morgan fingerprint density at radius 2 is 1.88 bits per heavy atom. The van der Waals surface area contributed by atoms with Gasteiger partial charge in [-0.05, 0) is 64.1 Å². The summed E-state index contributed by atoms with van der Waals surface area (Å²) in [6.07, 6.45) is 7.47. The van der Waals surface area contributed by atoms with Gasteiger partial charge in [-0.2, -0.15) is 0 Å². The molecule has 3 nitrogen and oxygen atoms in total. The highest BCUT2D eigenvalue weighted by molar-refractivity contribution is 5.79. The molecule has 2 bridgehead atoms. The van der Waals surface area contributed by atoms with Crippen molar-refractivity contribution in [1.29, 1.82) is 0 Å². The van der Waals surface area contributed by atoms with E-state index in [0.29, 0.717) is 11.9 Å². The molecule has 3 aliphatic rings. The molecule has 0 unspecified atom stereocenters. The van der Waals surface area contributed by atoms with Gasteiger partial charge < -0.3 is 10.2 Å². The Morgan fingerprint density at radius 3 is 2.47 bits per heavy atom. The lowest BCUT2D eigenvalue weighted by molar-refractivity contribution is -0.127. The van der Waals surface area contributed by atoms with Gasteiger partial charge in [-0.3, -0.25) is 4.79 Å². The number of nitrogens with zero attached hydrogens (tertiary/aromatic N) is 1. The number of carbonyl (C=O) groups is 1. The highest BCUT2D eigenvalue weighted by Crippen LogP contribution is 2.44. The Labute approximate surface area is 104 Å². The van der Waals surface area contributed by atoms with Gasteiger partial charge >= 0.3 is 0 Å². The van der Waals surface area contributed by atoms with Crippen LogP contribution in [0.1, 0.15) is 38.5 Å². The van der Waals surface area contributed by atoms with Crippen molar-refractivity contribution in [2.24, 2.45) is 17.8 Å². The number of fused-ring (bicyclic) bond motifs is 2. The summed E-state index contributed by atoms with van der Waals surface area (Å²) in [5, 5.41) is 3.34. The predicted octanol–water partition coefficient (Wildman–Crippen LogP) is 1.63. The summed E-state index contributed by atoms with van der Waals surface area (Å²) in [5.41, 5.74) is 0. The van der Waals surface area contributed by atoms with Crippen molar-refractivity contribution in [3.63, 3.8) is 0 Å². The molecule has 2 saturated carbocycles. The highest BCUT2D eigenvalue weighted by atomic mass is 16.2.